The first-order chi connectivity index (χ1) is 15.7. The lowest BCUT2D eigenvalue weighted by molar-refractivity contribution is -0.135. The van der Waals surface area contributed by atoms with Gasteiger partial charge in [0.1, 0.15) is 17.3 Å². The number of halogens is 2. The highest BCUT2D eigenvalue weighted by atomic mass is 35.5. The van der Waals surface area contributed by atoms with E-state index in [0.717, 1.165) is 30.2 Å². The molecule has 3 aliphatic carbocycles. The predicted molar refractivity (Wildman–Crippen MR) is 123 cm³/mol. The van der Waals surface area contributed by atoms with Crippen molar-refractivity contribution in [1.82, 2.24) is 10.6 Å². The van der Waals surface area contributed by atoms with E-state index in [1.807, 2.05) is 38.1 Å². The van der Waals surface area contributed by atoms with Crippen LogP contribution >= 0.6 is 11.6 Å². The summed E-state index contributed by atoms with van der Waals surface area (Å²) >= 11 is 5.65. The summed E-state index contributed by atoms with van der Waals surface area (Å²) in [6.07, 6.45) is 2.28. The average molecular weight is 475 g/mol. The lowest BCUT2D eigenvalue weighted by Crippen LogP contribution is -2.44. The average Bonchev–Trinajstić information content (AvgIpc) is 3.29. The van der Waals surface area contributed by atoms with E-state index in [1.54, 1.807) is 0 Å². The maximum Gasteiger partial charge on any atom is 0.258 e. The molecule has 2 aromatic carbocycles. The van der Waals surface area contributed by atoms with Gasteiger partial charge in [-0.25, -0.2) is 4.39 Å². The minimum Gasteiger partial charge on any atom is -0.491 e. The molecular formula is C25H28ClFN2O4. The number of nitrogens with one attached hydrogen (secondary N) is 2. The summed E-state index contributed by atoms with van der Waals surface area (Å²) in [6, 6.07) is 11.7. The molecule has 3 saturated carbocycles. The number of rotatable bonds is 9. The third kappa shape index (κ3) is 5.41. The van der Waals surface area contributed by atoms with Gasteiger partial charge in [0.25, 0.3) is 5.91 Å². The standard InChI is InChI=1S/C25H28ClFN2O4/c1-15(2)33-18-5-3-16(4-6-18)13-28-24(31)25-10-17(11-25)22(12-25)29-23(30)14-32-19-7-8-20(26)21(27)9-19/h3-9,15,17,22H,10-14H2,1-2H3,(H,28,31)(H,29,30)/t17?,22-,25?/m0/s1. The van der Waals surface area contributed by atoms with Crippen molar-refractivity contribution >= 4 is 23.4 Å². The number of hydrogen-bond acceptors (Lipinski definition) is 4. The van der Waals surface area contributed by atoms with E-state index in [2.05, 4.69) is 10.6 Å². The first-order valence-electron chi connectivity index (χ1n) is 11.2. The maximum absolute atomic E-state index is 13.5. The van der Waals surface area contributed by atoms with Crippen LogP contribution < -0.4 is 20.1 Å². The smallest absolute Gasteiger partial charge is 0.258 e. The summed E-state index contributed by atoms with van der Waals surface area (Å²) in [5.41, 5.74) is 0.592. The Kier molecular flexibility index (Phi) is 6.79. The summed E-state index contributed by atoms with van der Waals surface area (Å²) in [4.78, 5) is 25.2. The van der Waals surface area contributed by atoms with E-state index in [-0.39, 0.29) is 41.3 Å². The topological polar surface area (TPSA) is 76.7 Å². The summed E-state index contributed by atoms with van der Waals surface area (Å²) in [5, 5.41) is 6.01. The summed E-state index contributed by atoms with van der Waals surface area (Å²) in [6.45, 7) is 4.19. The molecule has 0 unspecified atom stereocenters. The molecule has 176 valence electrons. The zero-order valence-electron chi connectivity index (χ0n) is 18.7. The minimum absolute atomic E-state index is 0.00161. The fraction of sp³-hybridized carbons (Fsp3) is 0.440. The Bertz CT molecular complexity index is 1020. The van der Waals surface area contributed by atoms with Crippen molar-refractivity contribution in [3.8, 4) is 11.5 Å². The Labute approximate surface area is 197 Å². The van der Waals surface area contributed by atoms with Crippen LogP contribution in [0.3, 0.4) is 0 Å². The van der Waals surface area contributed by atoms with Gasteiger partial charge in [-0.05, 0) is 68.9 Å². The highest BCUT2D eigenvalue weighted by Crippen LogP contribution is 2.58. The van der Waals surface area contributed by atoms with Crippen LogP contribution in [0.2, 0.25) is 5.02 Å². The van der Waals surface area contributed by atoms with Crippen molar-refractivity contribution in [2.24, 2.45) is 11.3 Å². The zero-order chi connectivity index (χ0) is 23.6. The van der Waals surface area contributed by atoms with Crippen LogP contribution in [0.1, 0.15) is 38.7 Å². The lowest BCUT2D eigenvalue weighted by atomic mass is 9.69. The van der Waals surface area contributed by atoms with Crippen LogP contribution in [0.4, 0.5) is 4.39 Å². The van der Waals surface area contributed by atoms with Crippen molar-refractivity contribution < 1.29 is 23.5 Å². The molecule has 3 fully saturated rings. The maximum atomic E-state index is 13.5. The Morgan fingerprint density at radius 1 is 1.12 bits per heavy atom. The van der Waals surface area contributed by atoms with Crippen molar-refractivity contribution in [3.63, 3.8) is 0 Å². The Balaban J connectivity index is 1.22. The number of amides is 2. The third-order valence-electron chi connectivity index (χ3n) is 6.32. The SMILES string of the molecule is CC(C)Oc1ccc(CNC(=O)C23CC(C2)[C@@H](NC(=O)COc2ccc(Cl)c(F)c2)C3)cc1. The summed E-state index contributed by atoms with van der Waals surface area (Å²) in [7, 11) is 0. The number of carbonyl (C=O) groups is 2. The number of hydrogen-bond donors (Lipinski definition) is 2. The van der Waals surface area contributed by atoms with Crippen molar-refractivity contribution in [2.75, 3.05) is 6.61 Å². The lowest BCUT2D eigenvalue weighted by Gasteiger charge is -2.36. The van der Waals surface area contributed by atoms with E-state index in [0.29, 0.717) is 18.9 Å². The van der Waals surface area contributed by atoms with Gasteiger partial charge < -0.3 is 20.1 Å². The molecule has 2 aromatic rings. The molecule has 0 saturated heterocycles. The molecule has 0 aromatic heterocycles. The molecule has 6 nitrogen and oxygen atoms in total. The van der Waals surface area contributed by atoms with Gasteiger partial charge >= 0.3 is 0 Å². The largest absolute Gasteiger partial charge is 0.491 e. The predicted octanol–water partition coefficient (Wildman–Crippen LogP) is 4.25. The second kappa shape index (κ2) is 9.59. The van der Waals surface area contributed by atoms with Gasteiger partial charge in [0.2, 0.25) is 5.91 Å². The van der Waals surface area contributed by atoms with Gasteiger partial charge in [0.05, 0.1) is 16.5 Å². The molecule has 0 radical (unpaired) electrons. The van der Waals surface area contributed by atoms with Crippen LogP contribution in [0.25, 0.3) is 0 Å². The van der Waals surface area contributed by atoms with Gasteiger partial charge in [-0.2, -0.15) is 0 Å². The molecule has 2 bridgehead atoms. The molecule has 0 spiro atoms. The van der Waals surface area contributed by atoms with Crippen molar-refractivity contribution in [3.05, 3.63) is 58.9 Å². The molecule has 5 rings (SSSR count). The van der Waals surface area contributed by atoms with E-state index in [4.69, 9.17) is 21.1 Å². The first-order valence-corrected chi connectivity index (χ1v) is 11.5. The fourth-order valence-corrected chi connectivity index (χ4v) is 4.84. The second-order valence-corrected chi connectivity index (χ2v) is 9.59. The molecule has 2 amide bonds. The Morgan fingerprint density at radius 2 is 1.82 bits per heavy atom. The molecule has 2 N–H and O–H groups in total. The quantitative estimate of drug-likeness (QED) is 0.569. The van der Waals surface area contributed by atoms with Gasteiger partial charge in [0, 0.05) is 18.7 Å². The highest BCUT2D eigenvalue weighted by Gasteiger charge is 2.60. The van der Waals surface area contributed by atoms with Gasteiger partial charge in [0.15, 0.2) is 6.61 Å². The summed E-state index contributed by atoms with van der Waals surface area (Å²) in [5.74, 6) is 0.481. The van der Waals surface area contributed by atoms with Crippen LogP contribution in [0.15, 0.2) is 42.5 Å². The molecular weight excluding hydrogens is 447 g/mol. The number of fused-ring (bicyclic) bond motifs is 1. The van der Waals surface area contributed by atoms with E-state index >= 15 is 0 Å². The number of benzene rings is 2. The van der Waals surface area contributed by atoms with Gasteiger partial charge in [-0.1, -0.05) is 23.7 Å². The van der Waals surface area contributed by atoms with Gasteiger partial charge in [-0.3, -0.25) is 9.59 Å². The fourth-order valence-electron chi connectivity index (χ4n) is 4.72. The van der Waals surface area contributed by atoms with Crippen LogP contribution in [-0.2, 0) is 16.1 Å². The van der Waals surface area contributed by atoms with Crippen molar-refractivity contribution in [2.45, 2.75) is 51.8 Å². The van der Waals surface area contributed by atoms with E-state index in [9.17, 15) is 14.0 Å². The summed E-state index contributed by atoms with van der Waals surface area (Å²) < 4.78 is 24.5. The number of ether oxygens (including phenoxy) is 2. The highest BCUT2D eigenvalue weighted by molar-refractivity contribution is 6.30. The van der Waals surface area contributed by atoms with Gasteiger partial charge in [-0.15, -0.1) is 0 Å². The molecule has 1 atom stereocenters. The number of carbonyl (C=O) groups excluding carboxylic acids is 2. The van der Waals surface area contributed by atoms with Crippen LogP contribution in [0, 0.1) is 17.2 Å². The Morgan fingerprint density at radius 3 is 2.48 bits per heavy atom. The van der Waals surface area contributed by atoms with Crippen molar-refractivity contribution in [1.29, 1.82) is 0 Å². The molecule has 33 heavy (non-hydrogen) atoms. The Hall–Kier alpha value is -2.80. The third-order valence-corrected chi connectivity index (χ3v) is 6.63. The molecule has 0 heterocycles. The van der Waals surface area contributed by atoms with Crippen LogP contribution in [0.5, 0.6) is 11.5 Å². The monoisotopic (exact) mass is 474 g/mol. The van der Waals surface area contributed by atoms with Crippen LogP contribution in [-0.4, -0.2) is 30.6 Å². The first kappa shape index (κ1) is 23.4. The molecule has 0 aliphatic heterocycles. The van der Waals surface area contributed by atoms with E-state index < -0.39 is 11.2 Å². The van der Waals surface area contributed by atoms with E-state index in [1.165, 1.54) is 12.1 Å². The molecule has 8 heteroatoms. The second-order valence-electron chi connectivity index (χ2n) is 9.18. The molecule has 3 aliphatic rings. The minimum atomic E-state index is -0.598. The normalized spacial score (nSPS) is 23.1. The zero-order valence-corrected chi connectivity index (χ0v) is 19.5.